The lowest BCUT2D eigenvalue weighted by atomic mass is 10.1. The summed E-state index contributed by atoms with van der Waals surface area (Å²) in [4.78, 5) is 22.0. The minimum Gasteiger partial charge on any atom is -0.465 e. The summed E-state index contributed by atoms with van der Waals surface area (Å²) in [6.45, 7) is 4.05. The summed E-state index contributed by atoms with van der Waals surface area (Å²) in [6, 6.07) is 4.28. The summed E-state index contributed by atoms with van der Waals surface area (Å²) in [5.74, 6) is -0.510. The number of methoxy groups -OCH3 is 1. The van der Waals surface area contributed by atoms with Crippen molar-refractivity contribution in [2.45, 2.75) is 39.2 Å². The Bertz CT molecular complexity index is 488. The van der Waals surface area contributed by atoms with Crippen molar-refractivity contribution in [2.24, 2.45) is 0 Å². The third-order valence-electron chi connectivity index (χ3n) is 3.01. The first kappa shape index (κ1) is 15.9. The minimum atomic E-state index is -0.510. The van der Waals surface area contributed by atoms with Crippen LogP contribution in [0.5, 0.6) is 0 Å². The molecule has 0 fully saturated rings. The molecule has 0 aliphatic rings. The summed E-state index contributed by atoms with van der Waals surface area (Å²) < 4.78 is 4.62. The number of hydrogen-bond donors (Lipinski definition) is 1. The Morgan fingerprint density at radius 3 is 2.75 bits per heavy atom. The Hall–Kier alpha value is -2.11. The van der Waals surface area contributed by atoms with Crippen LogP contribution < -0.4 is 5.32 Å². The van der Waals surface area contributed by atoms with Gasteiger partial charge in [0.1, 0.15) is 5.69 Å². The number of anilines is 1. The van der Waals surface area contributed by atoms with E-state index in [1.165, 1.54) is 25.3 Å². The Kier molecular flexibility index (Phi) is 5.96. The first-order valence-corrected chi connectivity index (χ1v) is 6.62. The van der Waals surface area contributed by atoms with Gasteiger partial charge in [-0.1, -0.05) is 19.8 Å². The lowest BCUT2D eigenvalue weighted by molar-refractivity contribution is -0.384. The predicted octanol–water partition coefficient (Wildman–Crippen LogP) is 3.37. The zero-order valence-electron chi connectivity index (χ0n) is 12.0. The molecule has 1 aromatic carbocycles. The second-order valence-electron chi connectivity index (χ2n) is 4.67. The van der Waals surface area contributed by atoms with Crippen LogP contribution in [0.15, 0.2) is 18.2 Å². The molecule has 0 saturated carbocycles. The molecule has 1 N–H and O–H groups in total. The number of unbranched alkanes of at least 4 members (excludes halogenated alkanes) is 1. The topological polar surface area (TPSA) is 81.5 Å². The molecule has 0 heterocycles. The minimum absolute atomic E-state index is 0.0407. The van der Waals surface area contributed by atoms with E-state index in [2.05, 4.69) is 17.0 Å². The Morgan fingerprint density at radius 1 is 1.50 bits per heavy atom. The first-order valence-electron chi connectivity index (χ1n) is 6.62. The van der Waals surface area contributed by atoms with Gasteiger partial charge in [0.15, 0.2) is 0 Å². The van der Waals surface area contributed by atoms with Crippen LogP contribution in [-0.2, 0) is 4.74 Å². The van der Waals surface area contributed by atoms with E-state index in [0.29, 0.717) is 11.3 Å². The number of nitrogens with one attached hydrogen (secondary N) is 1. The van der Waals surface area contributed by atoms with E-state index >= 15 is 0 Å². The second-order valence-corrected chi connectivity index (χ2v) is 4.67. The van der Waals surface area contributed by atoms with E-state index in [1.807, 2.05) is 6.92 Å². The van der Waals surface area contributed by atoms with Crippen molar-refractivity contribution in [1.82, 2.24) is 0 Å². The molecule has 1 atom stereocenters. The molecule has 110 valence electrons. The van der Waals surface area contributed by atoms with E-state index in [0.717, 1.165) is 19.3 Å². The zero-order chi connectivity index (χ0) is 15.1. The SMILES string of the molecule is CCCCC(C)Nc1cc(C(=O)OC)ccc1[N+](=O)[O-]. The molecule has 1 unspecified atom stereocenters. The number of nitro benzene ring substituents is 1. The molecule has 0 bridgehead atoms. The summed E-state index contributed by atoms with van der Waals surface area (Å²) in [7, 11) is 1.28. The summed E-state index contributed by atoms with van der Waals surface area (Å²) >= 11 is 0. The normalized spacial score (nSPS) is 11.8. The molecule has 6 nitrogen and oxygen atoms in total. The van der Waals surface area contributed by atoms with Gasteiger partial charge in [0, 0.05) is 12.1 Å². The molecule has 0 aliphatic heterocycles. The van der Waals surface area contributed by atoms with E-state index in [1.54, 1.807) is 0 Å². The number of carbonyl (C=O) groups is 1. The van der Waals surface area contributed by atoms with Gasteiger partial charge in [-0.2, -0.15) is 0 Å². The van der Waals surface area contributed by atoms with Gasteiger partial charge in [-0.25, -0.2) is 4.79 Å². The number of carbonyl (C=O) groups excluding carboxylic acids is 1. The van der Waals surface area contributed by atoms with Crippen LogP contribution in [0.1, 0.15) is 43.5 Å². The van der Waals surface area contributed by atoms with Crippen molar-refractivity contribution < 1.29 is 14.5 Å². The quantitative estimate of drug-likeness (QED) is 0.470. The lowest BCUT2D eigenvalue weighted by Crippen LogP contribution is -2.16. The molecule has 6 heteroatoms. The highest BCUT2D eigenvalue weighted by molar-refractivity contribution is 5.91. The number of ether oxygens (including phenoxy) is 1. The fraction of sp³-hybridized carbons (Fsp3) is 0.500. The maximum Gasteiger partial charge on any atom is 0.337 e. The first-order chi connectivity index (χ1) is 9.49. The van der Waals surface area contributed by atoms with Gasteiger partial charge in [0.2, 0.25) is 0 Å². The monoisotopic (exact) mass is 280 g/mol. The van der Waals surface area contributed by atoms with Crippen LogP contribution in [0.25, 0.3) is 0 Å². The highest BCUT2D eigenvalue weighted by Gasteiger charge is 2.18. The van der Waals surface area contributed by atoms with E-state index < -0.39 is 10.9 Å². The number of nitro groups is 1. The van der Waals surface area contributed by atoms with Crippen LogP contribution in [0.3, 0.4) is 0 Å². The third-order valence-corrected chi connectivity index (χ3v) is 3.01. The number of benzene rings is 1. The molecule has 1 aromatic rings. The second kappa shape index (κ2) is 7.47. The van der Waals surface area contributed by atoms with Crippen molar-refractivity contribution in [2.75, 3.05) is 12.4 Å². The van der Waals surface area contributed by atoms with Crippen LogP contribution in [0.2, 0.25) is 0 Å². The maximum atomic E-state index is 11.5. The highest BCUT2D eigenvalue weighted by atomic mass is 16.6. The summed E-state index contributed by atoms with van der Waals surface area (Å²) in [5, 5.41) is 14.1. The fourth-order valence-electron chi connectivity index (χ4n) is 1.90. The molecule has 0 saturated heterocycles. The van der Waals surface area contributed by atoms with Gasteiger partial charge in [-0.3, -0.25) is 10.1 Å². The molecule has 20 heavy (non-hydrogen) atoms. The smallest absolute Gasteiger partial charge is 0.337 e. The molecule has 0 radical (unpaired) electrons. The van der Waals surface area contributed by atoms with Crippen LogP contribution in [0, 0.1) is 10.1 Å². The fourth-order valence-corrected chi connectivity index (χ4v) is 1.90. The van der Waals surface area contributed by atoms with Crippen molar-refractivity contribution >= 4 is 17.3 Å². The number of rotatable bonds is 7. The summed E-state index contributed by atoms with van der Waals surface area (Å²) in [6.07, 6.45) is 3.02. The van der Waals surface area contributed by atoms with E-state index in [9.17, 15) is 14.9 Å². The van der Waals surface area contributed by atoms with Gasteiger partial charge in [0.05, 0.1) is 17.6 Å². The largest absolute Gasteiger partial charge is 0.465 e. The molecule has 0 aromatic heterocycles. The van der Waals surface area contributed by atoms with Crippen molar-refractivity contribution in [3.05, 3.63) is 33.9 Å². The third kappa shape index (κ3) is 4.22. The molecular weight excluding hydrogens is 260 g/mol. The highest BCUT2D eigenvalue weighted by Crippen LogP contribution is 2.27. The zero-order valence-corrected chi connectivity index (χ0v) is 12.0. The average Bonchev–Trinajstić information content (AvgIpc) is 2.43. The van der Waals surface area contributed by atoms with Gasteiger partial charge < -0.3 is 10.1 Å². The van der Waals surface area contributed by atoms with Gasteiger partial charge in [-0.15, -0.1) is 0 Å². The van der Waals surface area contributed by atoms with E-state index in [4.69, 9.17) is 0 Å². The number of nitrogens with zero attached hydrogens (tertiary/aromatic N) is 1. The van der Waals surface area contributed by atoms with Crippen LogP contribution in [0.4, 0.5) is 11.4 Å². The van der Waals surface area contributed by atoms with Crippen LogP contribution >= 0.6 is 0 Å². The predicted molar refractivity (Wildman–Crippen MR) is 77.0 cm³/mol. The lowest BCUT2D eigenvalue weighted by Gasteiger charge is -2.15. The number of hydrogen-bond acceptors (Lipinski definition) is 5. The Morgan fingerprint density at radius 2 is 2.20 bits per heavy atom. The van der Waals surface area contributed by atoms with Crippen molar-refractivity contribution in [3.63, 3.8) is 0 Å². The molecular formula is C14H20N2O4. The van der Waals surface area contributed by atoms with Gasteiger partial charge in [-0.05, 0) is 25.5 Å². The number of esters is 1. The molecule has 0 aliphatic carbocycles. The standard InChI is InChI=1S/C14H20N2O4/c1-4-5-6-10(2)15-12-9-11(14(17)20-3)7-8-13(12)16(18)19/h7-10,15H,4-6H2,1-3H3. The summed E-state index contributed by atoms with van der Waals surface area (Å²) in [5.41, 5.74) is 0.603. The van der Waals surface area contributed by atoms with Gasteiger partial charge >= 0.3 is 5.97 Å². The Labute approximate surface area is 118 Å². The van der Waals surface area contributed by atoms with Crippen LogP contribution in [-0.4, -0.2) is 24.0 Å². The maximum absolute atomic E-state index is 11.5. The molecule has 0 amide bonds. The van der Waals surface area contributed by atoms with E-state index in [-0.39, 0.29) is 11.7 Å². The van der Waals surface area contributed by atoms with Gasteiger partial charge in [0.25, 0.3) is 5.69 Å². The van der Waals surface area contributed by atoms with Crippen molar-refractivity contribution in [3.8, 4) is 0 Å². The van der Waals surface area contributed by atoms with Crippen molar-refractivity contribution in [1.29, 1.82) is 0 Å². The average molecular weight is 280 g/mol. The Balaban J connectivity index is 2.99. The molecule has 0 spiro atoms. The molecule has 1 rings (SSSR count).